The van der Waals surface area contributed by atoms with Crippen LogP contribution in [-0.4, -0.2) is 42.0 Å². The summed E-state index contributed by atoms with van der Waals surface area (Å²) in [5.41, 5.74) is 2.06. The fraction of sp³-hybridized carbons (Fsp3) is 0.400. The molecule has 0 radical (unpaired) electrons. The molecule has 6 heteroatoms. The van der Waals surface area contributed by atoms with Crippen molar-refractivity contribution in [2.75, 3.05) is 26.2 Å². The molecule has 0 aliphatic carbocycles. The number of hydrogen-bond donors (Lipinski definition) is 0. The average molecular weight is 290 g/mol. The number of esters is 1. The van der Waals surface area contributed by atoms with Gasteiger partial charge in [-0.15, -0.1) is 0 Å². The first kappa shape index (κ1) is 15.2. The lowest BCUT2D eigenvalue weighted by molar-refractivity contribution is -0.384. The van der Waals surface area contributed by atoms with E-state index in [1.54, 1.807) is 19.1 Å². The summed E-state index contributed by atoms with van der Waals surface area (Å²) in [5.74, 6) is -0.218. The van der Waals surface area contributed by atoms with E-state index in [9.17, 15) is 14.9 Å². The number of hydrogen-bond acceptors (Lipinski definition) is 5. The van der Waals surface area contributed by atoms with E-state index in [1.165, 1.54) is 6.07 Å². The van der Waals surface area contributed by atoms with Crippen molar-refractivity contribution < 1.29 is 14.5 Å². The maximum atomic E-state index is 11.4. The zero-order valence-electron chi connectivity index (χ0n) is 11.9. The maximum Gasteiger partial charge on any atom is 0.320 e. The Morgan fingerprint density at radius 3 is 2.90 bits per heavy atom. The molecule has 0 unspecified atom stereocenters. The molecule has 0 bridgehead atoms. The van der Waals surface area contributed by atoms with Gasteiger partial charge in [-0.3, -0.25) is 19.8 Å². The van der Waals surface area contributed by atoms with Crippen LogP contribution in [0.2, 0.25) is 0 Å². The van der Waals surface area contributed by atoms with Crippen molar-refractivity contribution in [3.63, 3.8) is 0 Å². The topological polar surface area (TPSA) is 72.7 Å². The van der Waals surface area contributed by atoms with Crippen LogP contribution in [0, 0.1) is 10.1 Å². The molecule has 0 atom stereocenters. The second-order valence-corrected chi connectivity index (χ2v) is 4.83. The number of ether oxygens (including phenoxy) is 1. The summed E-state index contributed by atoms with van der Waals surface area (Å²) in [6.07, 6.45) is 2.78. The number of nitro groups is 1. The van der Waals surface area contributed by atoms with E-state index in [1.807, 2.05) is 17.0 Å². The van der Waals surface area contributed by atoms with E-state index in [0.29, 0.717) is 13.2 Å². The summed E-state index contributed by atoms with van der Waals surface area (Å²) < 4.78 is 4.92. The Morgan fingerprint density at radius 2 is 2.29 bits per heavy atom. The second-order valence-electron chi connectivity index (χ2n) is 4.83. The predicted molar refractivity (Wildman–Crippen MR) is 78.8 cm³/mol. The van der Waals surface area contributed by atoms with Gasteiger partial charge < -0.3 is 4.74 Å². The first-order chi connectivity index (χ1) is 10.1. The number of non-ortho nitro benzene ring substituents is 1. The molecular weight excluding hydrogens is 272 g/mol. The van der Waals surface area contributed by atoms with Gasteiger partial charge in [0.05, 0.1) is 18.1 Å². The molecule has 6 nitrogen and oxygen atoms in total. The molecule has 1 aromatic rings. The first-order valence-electron chi connectivity index (χ1n) is 6.92. The summed E-state index contributed by atoms with van der Waals surface area (Å²) in [7, 11) is 0. The molecule has 0 saturated carbocycles. The zero-order valence-corrected chi connectivity index (χ0v) is 11.9. The molecule has 0 fully saturated rings. The number of carbonyl (C=O) groups excluding carboxylic acids is 1. The molecular formula is C15H18N2O4. The minimum Gasteiger partial charge on any atom is -0.465 e. The van der Waals surface area contributed by atoms with Gasteiger partial charge >= 0.3 is 5.97 Å². The van der Waals surface area contributed by atoms with Crippen LogP contribution < -0.4 is 0 Å². The largest absolute Gasteiger partial charge is 0.465 e. The Bertz CT molecular complexity index is 569. The van der Waals surface area contributed by atoms with Crippen LogP contribution in [0.1, 0.15) is 18.9 Å². The second kappa shape index (κ2) is 6.99. The molecule has 1 aliphatic rings. The monoisotopic (exact) mass is 290 g/mol. The van der Waals surface area contributed by atoms with E-state index >= 15 is 0 Å². The van der Waals surface area contributed by atoms with Crippen molar-refractivity contribution in [3.8, 4) is 0 Å². The summed E-state index contributed by atoms with van der Waals surface area (Å²) in [4.78, 5) is 23.8. The van der Waals surface area contributed by atoms with Crippen LogP contribution in [0.3, 0.4) is 0 Å². The van der Waals surface area contributed by atoms with E-state index in [4.69, 9.17) is 4.74 Å². The summed E-state index contributed by atoms with van der Waals surface area (Å²) in [6.45, 7) is 3.85. The highest BCUT2D eigenvalue weighted by atomic mass is 16.6. The van der Waals surface area contributed by atoms with Gasteiger partial charge in [-0.05, 0) is 24.5 Å². The van der Waals surface area contributed by atoms with E-state index < -0.39 is 0 Å². The number of rotatable bonds is 5. The molecule has 0 aromatic heterocycles. The number of benzene rings is 1. The molecule has 0 N–H and O–H groups in total. The number of nitro benzene ring substituents is 1. The van der Waals surface area contributed by atoms with Crippen molar-refractivity contribution in [1.29, 1.82) is 0 Å². The van der Waals surface area contributed by atoms with Crippen molar-refractivity contribution in [2.45, 2.75) is 13.3 Å². The van der Waals surface area contributed by atoms with E-state index in [0.717, 1.165) is 24.1 Å². The number of carbonyl (C=O) groups is 1. The smallest absolute Gasteiger partial charge is 0.320 e. The molecule has 1 heterocycles. The standard InChI is InChI=1S/C15H18N2O4/c1-2-21-15(18)11-16-8-6-12(7-9-16)13-4-3-5-14(10-13)17(19)20/h3-6,10H,2,7-9,11H2,1H3. The third kappa shape index (κ3) is 4.13. The van der Waals surface area contributed by atoms with E-state index in [2.05, 4.69) is 0 Å². The molecule has 2 rings (SSSR count). The Morgan fingerprint density at radius 1 is 1.48 bits per heavy atom. The molecule has 1 aromatic carbocycles. The van der Waals surface area contributed by atoms with Gasteiger partial charge in [0.1, 0.15) is 0 Å². The SMILES string of the molecule is CCOC(=O)CN1CC=C(c2cccc([N+](=O)[O-])c2)CC1. The summed E-state index contributed by atoms with van der Waals surface area (Å²) >= 11 is 0. The zero-order chi connectivity index (χ0) is 15.2. The van der Waals surface area contributed by atoms with Crippen molar-refractivity contribution in [1.82, 2.24) is 4.90 Å². The van der Waals surface area contributed by atoms with Crippen molar-refractivity contribution in [2.24, 2.45) is 0 Å². The average Bonchev–Trinajstić information content (AvgIpc) is 2.48. The lowest BCUT2D eigenvalue weighted by atomic mass is 9.99. The maximum absolute atomic E-state index is 11.4. The highest BCUT2D eigenvalue weighted by Gasteiger charge is 2.17. The third-order valence-electron chi connectivity index (χ3n) is 3.38. The quantitative estimate of drug-likeness (QED) is 0.472. The Balaban J connectivity index is 2.01. The predicted octanol–water partition coefficient (Wildman–Crippen LogP) is 2.25. The van der Waals surface area contributed by atoms with E-state index in [-0.39, 0.29) is 23.1 Å². The lowest BCUT2D eigenvalue weighted by Crippen LogP contribution is -2.34. The summed E-state index contributed by atoms with van der Waals surface area (Å²) in [5, 5.41) is 10.8. The summed E-state index contributed by atoms with van der Waals surface area (Å²) in [6, 6.07) is 6.64. The van der Waals surface area contributed by atoms with Crippen LogP contribution in [-0.2, 0) is 9.53 Å². The minimum atomic E-state index is -0.389. The Kier molecular flexibility index (Phi) is 5.05. The molecule has 0 spiro atoms. The van der Waals surface area contributed by atoms with Gasteiger partial charge in [0, 0.05) is 25.2 Å². The van der Waals surface area contributed by atoms with Gasteiger partial charge in [-0.2, -0.15) is 0 Å². The lowest BCUT2D eigenvalue weighted by Gasteiger charge is -2.25. The minimum absolute atomic E-state index is 0.0994. The Labute approximate surface area is 123 Å². The fourth-order valence-electron chi connectivity index (χ4n) is 2.33. The third-order valence-corrected chi connectivity index (χ3v) is 3.38. The van der Waals surface area contributed by atoms with Crippen molar-refractivity contribution in [3.05, 3.63) is 46.0 Å². The normalized spacial score (nSPS) is 15.4. The van der Waals surface area contributed by atoms with Gasteiger partial charge in [0.15, 0.2) is 0 Å². The van der Waals surface area contributed by atoms with Crippen LogP contribution >= 0.6 is 0 Å². The number of nitrogens with zero attached hydrogens (tertiary/aromatic N) is 2. The first-order valence-corrected chi connectivity index (χ1v) is 6.92. The molecule has 21 heavy (non-hydrogen) atoms. The van der Waals surface area contributed by atoms with Gasteiger partial charge in [-0.1, -0.05) is 18.2 Å². The highest BCUT2D eigenvalue weighted by Crippen LogP contribution is 2.25. The van der Waals surface area contributed by atoms with Crippen LogP contribution in [0.25, 0.3) is 5.57 Å². The van der Waals surface area contributed by atoms with Gasteiger partial charge in [0.25, 0.3) is 5.69 Å². The van der Waals surface area contributed by atoms with Gasteiger partial charge in [-0.25, -0.2) is 0 Å². The molecule has 0 saturated heterocycles. The molecule has 112 valence electrons. The Hall–Kier alpha value is -2.21. The van der Waals surface area contributed by atoms with Gasteiger partial charge in [0.2, 0.25) is 0 Å². The van der Waals surface area contributed by atoms with Crippen LogP contribution in [0.5, 0.6) is 0 Å². The fourth-order valence-corrected chi connectivity index (χ4v) is 2.33. The molecule has 1 aliphatic heterocycles. The van der Waals surface area contributed by atoms with Crippen LogP contribution in [0.4, 0.5) is 5.69 Å². The highest BCUT2D eigenvalue weighted by molar-refractivity contribution is 5.72. The van der Waals surface area contributed by atoms with Crippen molar-refractivity contribution >= 4 is 17.2 Å². The van der Waals surface area contributed by atoms with Crippen LogP contribution in [0.15, 0.2) is 30.3 Å². The molecule has 0 amide bonds.